The van der Waals surface area contributed by atoms with E-state index in [1.165, 1.54) is 9.79 Å². The summed E-state index contributed by atoms with van der Waals surface area (Å²) >= 11 is 3.61. The summed E-state index contributed by atoms with van der Waals surface area (Å²) in [6, 6.07) is 20.7. The van der Waals surface area contributed by atoms with Gasteiger partial charge in [0.1, 0.15) is 6.61 Å². The van der Waals surface area contributed by atoms with Crippen molar-refractivity contribution in [3.05, 3.63) is 60.7 Å². The highest BCUT2D eigenvalue weighted by molar-refractivity contribution is 8.00. The third-order valence-electron chi connectivity index (χ3n) is 2.76. The highest BCUT2D eigenvalue weighted by Gasteiger charge is 2.10. The minimum atomic E-state index is 0.150. The molecule has 0 radical (unpaired) electrons. The first-order valence-corrected chi connectivity index (χ1v) is 8.76. The maximum absolute atomic E-state index is 5.76. The molecule has 0 aromatic heterocycles. The molecular formula is C18H18OS2. The van der Waals surface area contributed by atoms with Gasteiger partial charge in [0.2, 0.25) is 0 Å². The molecule has 2 aromatic rings. The Morgan fingerprint density at radius 1 is 0.857 bits per heavy atom. The minimum absolute atomic E-state index is 0.150. The third-order valence-corrected chi connectivity index (χ3v) is 5.05. The van der Waals surface area contributed by atoms with Gasteiger partial charge in [-0.2, -0.15) is 0 Å². The van der Waals surface area contributed by atoms with E-state index in [9.17, 15) is 0 Å². The summed E-state index contributed by atoms with van der Waals surface area (Å²) in [5, 5.41) is 0. The van der Waals surface area contributed by atoms with E-state index in [1.807, 2.05) is 35.7 Å². The van der Waals surface area contributed by atoms with Crippen LogP contribution in [-0.2, 0) is 4.74 Å². The second-order valence-corrected chi connectivity index (χ2v) is 6.57. The lowest BCUT2D eigenvalue weighted by atomic mass is 10.4. The molecule has 0 atom stereocenters. The lowest BCUT2D eigenvalue weighted by molar-refractivity contribution is 0.113. The maximum Gasteiger partial charge on any atom is 0.107 e. The number of benzene rings is 2. The fourth-order valence-electron chi connectivity index (χ4n) is 1.72. The van der Waals surface area contributed by atoms with E-state index < -0.39 is 0 Å². The van der Waals surface area contributed by atoms with Crippen LogP contribution >= 0.6 is 23.5 Å². The molecule has 0 spiro atoms. The minimum Gasteiger partial charge on any atom is -0.364 e. The van der Waals surface area contributed by atoms with Crippen LogP contribution in [0.5, 0.6) is 0 Å². The molecule has 2 rings (SSSR count). The molecule has 0 saturated heterocycles. The number of thioether (sulfide) groups is 2. The van der Waals surface area contributed by atoms with Gasteiger partial charge in [0.25, 0.3) is 0 Å². The molecule has 3 heteroatoms. The first-order chi connectivity index (χ1) is 10.4. The van der Waals surface area contributed by atoms with Crippen molar-refractivity contribution < 1.29 is 4.74 Å². The average Bonchev–Trinajstić information content (AvgIpc) is 2.56. The summed E-state index contributed by atoms with van der Waals surface area (Å²) in [4.78, 5) is 2.52. The molecule has 2 aromatic carbocycles. The van der Waals surface area contributed by atoms with Gasteiger partial charge in [0.05, 0.1) is 6.10 Å². The molecule has 0 fully saturated rings. The summed E-state index contributed by atoms with van der Waals surface area (Å²) in [6.45, 7) is 0.370. The van der Waals surface area contributed by atoms with E-state index in [1.54, 1.807) is 0 Å². The molecule has 0 heterocycles. The van der Waals surface area contributed by atoms with Gasteiger partial charge in [-0.1, -0.05) is 42.3 Å². The van der Waals surface area contributed by atoms with E-state index >= 15 is 0 Å². The van der Waals surface area contributed by atoms with Crippen molar-refractivity contribution in [1.29, 1.82) is 0 Å². The Kier molecular flexibility index (Phi) is 7.31. The van der Waals surface area contributed by atoms with Gasteiger partial charge in [0.15, 0.2) is 0 Å². The largest absolute Gasteiger partial charge is 0.364 e. The lowest BCUT2D eigenvalue weighted by Crippen LogP contribution is -2.19. The Morgan fingerprint density at radius 3 is 1.76 bits per heavy atom. The number of hydrogen-bond donors (Lipinski definition) is 0. The van der Waals surface area contributed by atoms with Crippen LogP contribution in [-0.4, -0.2) is 24.2 Å². The first-order valence-electron chi connectivity index (χ1n) is 6.79. The Morgan fingerprint density at radius 2 is 1.33 bits per heavy atom. The van der Waals surface area contributed by atoms with E-state index in [4.69, 9.17) is 11.2 Å². The van der Waals surface area contributed by atoms with Crippen LogP contribution in [0.25, 0.3) is 0 Å². The Bertz CT molecular complexity index is 505. The zero-order valence-electron chi connectivity index (χ0n) is 11.8. The lowest BCUT2D eigenvalue weighted by Gasteiger charge is -2.16. The van der Waals surface area contributed by atoms with Crippen molar-refractivity contribution in [2.24, 2.45) is 0 Å². The summed E-state index contributed by atoms with van der Waals surface area (Å²) in [6.07, 6.45) is 5.45. The Hall–Kier alpha value is -1.34. The van der Waals surface area contributed by atoms with Crippen molar-refractivity contribution in [2.45, 2.75) is 15.9 Å². The first kappa shape index (κ1) is 16.0. The molecule has 0 unspecified atom stereocenters. The van der Waals surface area contributed by atoms with Gasteiger partial charge in [0, 0.05) is 21.3 Å². The third kappa shape index (κ3) is 6.31. The van der Waals surface area contributed by atoms with E-state index in [-0.39, 0.29) is 6.10 Å². The zero-order chi connectivity index (χ0) is 14.8. The molecule has 0 amide bonds. The molecule has 0 aliphatic heterocycles. The maximum atomic E-state index is 5.76. The second kappa shape index (κ2) is 9.57. The number of ether oxygens (including phenoxy) is 1. The summed E-state index contributed by atoms with van der Waals surface area (Å²) in [7, 11) is 0. The Balaban J connectivity index is 1.84. The van der Waals surface area contributed by atoms with Crippen molar-refractivity contribution in [3.63, 3.8) is 0 Å². The van der Waals surface area contributed by atoms with Crippen molar-refractivity contribution in [2.75, 3.05) is 18.1 Å². The highest BCUT2D eigenvalue weighted by Crippen LogP contribution is 2.23. The SMILES string of the molecule is C#CCOC(CSc1ccccc1)CSc1ccccc1. The van der Waals surface area contributed by atoms with Gasteiger partial charge in [-0.05, 0) is 24.3 Å². The van der Waals surface area contributed by atoms with Gasteiger partial charge in [-0.25, -0.2) is 0 Å². The van der Waals surface area contributed by atoms with Crippen LogP contribution in [0.4, 0.5) is 0 Å². The monoisotopic (exact) mass is 314 g/mol. The van der Waals surface area contributed by atoms with Crippen LogP contribution in [0.2, 0.25) is 0 Å². The summed E-state index contributed by atoms with van der Waals surface area (Å²) in [5.74, 6) is 4.37. The van der Waals surface area contributed by atoms with Gasteiger partial charge < -0.3 is 4.74 Å². The highest BCUT2D eigenvalue weighted by atomic mass is 32.2. The fraction of sp³-hybridized carbons (Fsp3) is 0.222. The number of hydrogen-bond acceptors (Lipinski definition) is 3. The van der Waals surface area contributed by atoms with Crippen LogP contribution < -0.4 is 0 Å². The van der Waals surface area contributed by atoms with Crippen molar-refractivity contribution >= 4 is 23.5 Å². The van der Waals surface area contributed by atoms with Crippen LogP contribution in [0.1, 0.15) is 0 Å². The van der Waals surface area contributed by atoms with E-state index in [2.05, 4.69) is 54.5 Å². The quantitative estimate of drug-likeness (QED) is 0.521. The molecule has 21 heavy (non-hydrogen) atoms. The molecule has 0 aliphatic carbocycles. The predicted molar refractivity (Wildman–Crippen MR) is 92.9 cm³/mol. The van der Waals surface area contributed by atoms with E-state index in [0.717, 1.165) is 11.5 Å². The molecule has 108 valence electrons. The molecular weight excluding hydrogens is 296 g/mol. The van der Waals surface area contributed by atoms with Gasteiger partial charge in [-0.3, -0.25) is 0 Å². The second-order valence-electron chi connectivity index (χ2n) is 4.39. The summed E-state index contributed by atoms with van der Waals surface area (Å²) in [5.41, 5.74) is 0. The van der Waals surface area contributed by atoms with E-state index in [0.29, 0.717) is 6.61 Å². The predicted octanol–water partition coefficient (Wildman–Crippen LogP) is 4.59. The Labute approximate surface area is 135 Å². The number of rotatable bonds is 8. The average molecular weight is 314 g/mol. The molecule has 1 nitrogen and oxygen atoms in total. The summed E-state index contributed by atoms with van der Waals surface area (Å²) < 4.78 is 5.76. The topological polar surface area (TPSA) is 9.23 Å². The van der Waals surface area contributed by atoms with Gasteiger partial charge >= 0.3 is 0 Å². The zero-order valence-corrected chi connectivity index (χ0v) is 13.4. The molecule has 0 saturated carbocycles. The smallest absolute Gasteiger partial charge is 0.107 e. The standard InChI is InChI=1S/C18H18OS2/c1-2-13-19-16(14-20-17-9-5-3-6-10-17)15-21-18-11-7-4-8-12-18/h1,3-12,16H,13-15H2. The normalized spacial score (nSPS) is 10.5. The van der Waals surface area contributed by atoms with Crippen LogP contribution in [0.15, 0.2) is 70.5 Å². The van der Waals surface area contributed by atoms with Crippen LogP contribution in [0.3, 0.4) is 0 Å². The molecule has 0 N–H and O–H groups in total. The fourth-order valence-corrected chi connectivity index (χ4v) is 3.76. The molecule has 0 aliphatic rings. The molecule has 0 bridgehead atoms. The number of terminal acetylenes is 1. The van der Waals surface area contributed by atoms with Crippen LogP contribution in [0, 0.1) is 12.3 Å². The van der Waals surface area contributed by atoms with Gasteiger partial charge in [-0.15, -0.1) is 29.9 Å². The van der Waals surface area contributed by atoms with Crippen molar-refractivity contribution in [1.82, 2.24) is 0 Å². The van der Waals surface area contributed by atoms with Crippen molar-refractivity contribution in [3.8, 4) is 12.3 Å².